The molecule has 1 unspecified atom stereocenters. The molecule has 140 valence electrons. The summed E-state index contributed by atoms with van der Waals surface area (Å²) in [6.45, 7) is 11.3. The number of nitrogens with one attached hydrogen (secondary N) is 1. The number of amides is 1. The minimum atomic E-state index is -0.438. The van der Waals surface area contributed by atoms with E-state index in [0.717, 1.165) is 51.4 Å². The number of hydrogen-bond acceptors (Lipinski definition) is 3. The van der Waals surface area contributed by atoms with E-state index in [9.17, 15) is 4.79 Å². The second kappa shape index (κ2) is 9.74. The standard InChI is InChI=1S/C18H36N4O2/c1-7-8-11-21(6)16(19-5)20-13-15-10-9-12-22(14-15)17(23)24-18(2,3)4/h15H,7-14H2,1-6H3,(H,19,20). The van der Waals surface area contributed by atoms with E-state index in [1.54, 1.807) is 0 Å². The van der Waals surface area contributed by atoms with Gasteiger partial charge >= 0.3 is 6.09 Å². The summed E-state index contributed by atoms with van der Waals surface area (Å²) in [5.74, 6) is 1.36. The van der Waals surface area contributed by atoms with Gasteiger partial charge in [-0.25, -0.2) is 4.79 Å². The third kappa shape index (κ3) is 7.41. The second-order valence-corrected chi connectivity index (χ2v) is 7.64. The molecular formula is C18H36N4O2. The van der Waals surface area contributed by atoms with Gasteiger partial charge in [-0.05, 0) is 46.0 Å². The summed E-state index contributed by atoms with van der Waals surface area (Å²) in [6, 6.07) is 0. The average molecular weight is 341 g/mol. The molecule has 1 heterocycles. The van der Waals surface area contributed by atoms with Crippen LogP contribution in [0.5, 0.6) is 0 Å². The molecule has 1 atom stereocenters. The number of piperidine rings is 1. The van der Waals surface area contributed by atoms with Gasteiger partial charge < -0.3 is 19.9 Å². The molecule has 1 fully saturated rings. The largest absolute Gasteiger partial charge is 0.444 e. The predicted molar refractivity (Wildman–Crippen MR) is 99.4 cm³/mol. The highest BCUT2D eigenvalue weighted by molar-refractivity contribution is 5.79. The van der Waals surface area contributed by atoms with E-state index in [-0.39, 0.29) is 6.09 Å². The van der Waals surface area contributed by atoms with Crippen molar-refractivity contribution < 1.29 is 9.53 Å². The van der Waals surface area contributed by atoms with Crippen LogP contribution in [0.4, 0.5) is 4.79 Å². The van der Waals surface area contributed by atoms with E-state index >= 15 is 0 Å². The number of likely N-dealkylation sites (tertiary alicyclic amines) is 1. The maximum atomic E-state index is 12.2. The van der Waals surface area contributed by atoms with Gasteiger partial charge in [-0.1, -0.05) is 13.3 Å². The highest BCUT2D eigenvalue weighted by Gasteiger charge is 2.27. The van der Waals surface area contributed by atoms with Crippen molar-refractivity contribution in [1.29, 1.82) is 0 Å². The van der Waals surface area contributed by atoms with Crippen molar-refractivity contribution in [2.45, 2.75) is 59.0 Å². The van der Waals surface area contributed by atoms with Crippen LogP contribution < -0.4 is 5.32 Å². The van der Waals surface area contributed by atoms with Gasteiger partial charge in [0, 0.05) is 40.3 Å². The minimum absolute atomic E-state index is 0.198. The monoisotopic (exact) mass is 340 g/mol. The number of unbranched alkanes of at least 4 members (excludes halogenated alkanes) is 1. The molecule has 1 saturated heterocycles. The van der Waals surface area contributed by atoms with Crippen LogP contribution in [0.2, 0.25) is 0 Å². The van der Waals surface area contributed by atoms with E-state index in [1.807, 2.05) is 32.7 Å². The molecule has 0 radical (unpaired) electrons. The van der Waals surface area contributed by atoms with Crippen LogP contribution in [-0.2, 0) is 4.74 Å². The molecular weight excluding hydrogens is 304 g/mol. The van der Waals surface area contributed by atoms with E-state index in [2.05, 4.69) is 29.2 Å². The third-order valence-corrected chi connectivity index (χ3v) is 4.14. The van der Waals surface area contributed by atoms with Gasteiger partial charge in [-0.15, -0.1) is 0 Å². The first-order valence-corrected chi connectivity index (χ1v) is 9.16. The Bertz CT molecular complexity index is 418. The molecule has 24 heavy (non-hydrogen) atoms. The van der Waals surface area contributed by atoms with Crippen LogP contribution in [0.25, 0.3) is 0 Å². The summed E-state index contributed by atoms with van der Waals surface area (Å²) >= 11 is 0. The predicted octanol–water partition coefficient (Wildman–Crippen LogP) is 2.94. The molecule has 1 aliphatic heterocycles. The molecule has 1 amide bonds. The van der Waals surface area contributed by atoms with Crippen molar-refractivity contribution in [2.24, 2.45) is 10.9 Å². The first-order valence-electron chi connectivity index (χ1n) is 9.16. The Kier molecular flexibility index (Phi) is 8.36. The normalized spacial score (nSPS) is 19.2. The fraction of sp³-hybridized carbons (Fsp3) is 0.889. The lowest BCUT2D eigenvalue weighted by Crippen LogP contribution is -2.47. The minimum Gasteiger partial charge on any atom is -0.444 e. The molecule has 0 aromatic rings. The van der Waals surface area contributed by atoms with E-state index < -0.39 is 5.60 Å². The van der Waals surface area contributed by atoms with E-state index in [0.29, 0.717) is 5.92 Å². The third-order valence-electron chi connectivity index (χ3n) is 4.14. The maximum Gasteiger partial charge on any atom is 0.410 e. The second-order valence-electron chi connectivity index (χ2n) is 7.64. The molecule has 6 nitrogen and oxygen atoms in total. The molecule has 0 bridgehead atoms. The van der Waals surface area contributed by atoms with Crippen molar-refractivity contribution in [3.63, 3.8) is 0 Å². The lowest BCUT2D eigenvalue weighted by atomic mass is 9.98. The molecule has 1 aliphatic rings. The fourth-order valence-corrected chi connectivity index (χ4v) is 2.85. The van der Waals surface area contributed by atoms with Crippen LogP contribution in [0.1, 0.15) is 53.4 Å². The first-order chi connectivity index (χ1) is 11.3. The molecule has 0 aliphatic carbocycles. The zero-order valence-corrected chi connectivity index (χ0v) is 16.4. The zero-order valence-electron chi connectivity index (χ0n) is 16.4. The van der Waals surface area contributed by atoms with Gasteiger partial charge in [0.15, 0.2) is 5.96 Å². The number of rotatable bonds is 5. The number of hydrogen-bond donors (Lipinski definition) is 1. The molecule has 0 spiro atoms. The van der Waals surface area contributed by atoms with Gasteiger partial charge in [-0.2, -0.15) is 0 Å². The summed E-state index contributed by atoms with van der Waals surface area (Å²) in [4.78, 5) is 20.6. The molecule has 1 N–H and O–H groups in total. The van der Waals surface area contributed by atoms with Gasteiger partial charge in [-0.3, -0.25) is 4.99 Å². The SMILES string of the molecule is CCCCN(C)C(=NC)NCC1CCCN(C(=O)OC(C)(C)C)C1. The Balaban J connectivity index is 2.46. The Labute approximate surface area is 147 Å². The zero-order chi connectivity index (χ0) is 18.2. The summed E-state index contributed by atoms with van der Waals surface area (Å²) in [5.41, 5.74) is -0.438. The number of guanidine groups is 1. The molecule has 6 heteroatoms. The Morgan fingerprint density at radius 1 is 1.42 bits per heavy atom. The fourth-order valence-electron chi connectivity index (χ4n) is 2.85. The quantitative estimate of drug-likeness (QED) is 0.617. The lowest BCUT2D eigenvalue weighted by molar-refractivity contribution is 0.0168. The molecule has 0 saturated carbocycles. The van der Waals surface area contributed by atoms with Crippen LogP contribution in [0.15, 0.2) is 4.99 Å². The number of carbonyl (C=O) groups excluding carboxylic acids is 1. The number of carbonyl (C=O) groups is 1. The Hall–Kier alpha value is -1.46. The van der Waals surface area contributed by atoms with Crippen molar-refractivity contribution in [3.8, 4) is 0 Å². The molecule has 0 aromatic carbocycles. The smallest absolute Gasteiger partial charge is 0.410 e. The summed E-state index contributed by atoms with van der Waals surface area (Å²) in [5, 5.41) is 3.45. The highest BCUT2D eigenvalue weighted by Crippen LogP contribution is 2.19. The number of ether oxygens (including phenoxy) is 1. The van der Waals surface area contributed by atoms with Crippen molar-refractivity contribution in [2.75, 3.05) is 40.3 Å². The number of nitrogens with zero attached hydrogens (tertiary/aromatic N) is 3. The lowest BCUT2D eigenvalue weighted by Gasteiger charge is -2.34. The van der Waals surface area contributed by atoms with Crippen molar-refractivity contribution >= 4 is 12.1 Å². The van der Waals surface area contributed by atoms with Crippen LogP contribution >= 0.6 is 0 Å². The van der Waals surface area contributed by atoms with Crippen LogP contribution in [0.3, 0.4) is 0 Å². The maximum absolute atomic E-state index is 12.2. The molecule has 1 rings (SSSR count). The van der Waals surface area contributed by atoms with Gasteiger partial charge in [0.1, 0.15) is 5.60 Å². The van der Waals surface area contributed by atoms with Crippen molar-refractivity contribution in [1.82, 2.24) is 15.1 Å². The topological polar surface area (TPSA) is 57.2 Å². The van der Waals surface area contributed by atoms with Crippen LogP contribution in [0, 0.1) is 5.92 Å². The average Bonchev–Trinajstić information content (AvgIpc) is 2.52. The van der Waals surface area contributed by atoms with E-state index in [1.165, 1.54) is 6.42 Å². The van der Waals surface area contributed by atoms with Gasteiger partial charge in [0.05, 0.1) is 0 Å². The summed E-state index contributed by atoms with van der Waals surface area (Å²) < 4.78 is 5.49. The van der Waals surface area contributed by atoms with Crippen molar-refractivity contribution in [3.05, 3.63) is 0 Å². The highest BCUT2D eigenvalue weighted by atomic mass is 16.6. The first kappa shape index (κ1) is 20.6. The van der Waals surface area contributed by atoms with E-state index in [4.69, 9.17) is 4.74 Å². The number of aliphatic imine (C=N–C) groups is 1. The molecule has 0 aromatic heterocycles. The summed E-state index contributed by atoms with van der Waals surface area (Å²) in [6.07, 6.45) is 4.29. The van der Waals surface area contributed by atoms with Gasteiger partial charge in [0.2, 0.25) is 0 Å². The van der Waals surface area contributed by atoms with Gasteiger partial charge in [0.25, 0.3) is 0 Å². The van der Waals surface area contributed by atoms with Crippen LogP contribution in [-0.4, -0.2) is 67.7 Å². The summed E-state index contributed by atoms with van der Waals surface area (Å²) in [7, 11) is 3.89. The Morgan fingerprint density at radius 3 is 2.71 bits per heavy atom. The Morgan fingerprint density at radius 2 is 2.12 bits per heavy atom.